The molecule has 0 saturated heterocycles. The fourth-order valence-electron chi connectivity index (χ4n) is 2.35. The predicted molar refractivity (Wildman–Crippen MR) is 84.6 cm³/mol. The van der Waals surface area contributed by atoms with Crippen molar-refractivity contribution in [2.75, 3.05) is 18.5 Å². The van der Waals surface area contributed by atoms with Crippen LogP contribution < -0.4 is 14.4 Å². The number of fused-ring (bicyclic) bond motifs is 1. The minimum absolute atomic E-state index is 0.0470. The van der Waals surface area contributed by atoms with Gasteiger partial charge in [0.2, 0.25) is 15.9 Å². The van der Waals surface area contributed by atoms with E-state index in [0.717, 1.165) is 0 Å². The summed E-state index contributed by atoms with van der Waals surface area (Å²) in [5.74, 6) is 0.747. The van der Waals surface area contributed by atoms with Gasteiger partial charge in [-0.1, -0.05) is 20.8 Å². The maximum Gasteiger partial charge on any atom is 0.240 e. The maximum atomic E-state index is 12.2. The summed E-state index contributed by atoms with van der Waals surface area (Å²) in [6, 6.07) is 4.59. The molecule has 1 aromatic carbocycles. The molecule has 0 spiro atoms. The van der Waals surface area contributed by atoms with E-state index < -0.39 is 10.0 Å². The lowest BCUT2D eigenvalue weighted by molar-refractivity contribution is -0.118. The fraction of sp³-hybridized carbons (Fsp3) is 0.533. The van der Waals surface area contributed by atoms with E-state index in [1.54, 1.807) is 17.9 Å². The highest BCUT2D eigenvalue weighted by Crippen LogP contribution is 2.37. The SMILES string of the molecule is CCC(=O)N1CC(C(C)C)Oc2ccc(S(=O)(=O)NC)cc21. The summed E-state index contributed by atoms with van der Waals surface area (Å²) in [7, 11) is -2.20. The van der Waals surface area contributed by atoms with Gasteiger partial charge in [-0.15, -0.1) is 0 Å². The normalized spacial score (nSPS) is 18.0. The van der Waals surface area contributed by atoms with Crippen LogP contribution in [0.4, 0.5) is 5.69 Å². The van der Waals surface area contributed by atoms with Gasteiger partial charge in [0.1, 0.15) is 11.9 Å². The number of rotatable bonds is 4. The smallest absolute Gasteiger partial charge is 0.240 e. The van der Waals surface area contributed by atoms with E-state index in [1.165, 1.54) is 19.2 Å². The highest BCUT2D eigenvalue weighted by Gasteiger charge is 2.31. The second-order valence-electron chi connectivity index (χ2n) is 5.60. The Morgan fingerprint density at radius 1 is 1.45 bits per heavy atom. The van der Waals surface area contributed by atoms with Gasteiger partial charge < -0.3 is 9.64 Å². The number of carbonyl (C=O) groups excluding carboxylic acids is 1. The summed E-state index contributed by atoms with van der Waals surface area (Å²) in [5.41, 5.74) is 0.514. The van der Waals surface area contributed by atoms with Crippen LogP contribution in [0.15, 0.2) is 23.1 Å². The number of hydrogen-bond acceptors (Lipinski definition) is 4. The first-order valence-electron chi connectivity index (χ1n) is 7.34. The van der Waals surface area contributed by atoms with Crippen LogP contribution in [0.25, 0.3) is 0 Å². The van der Waals surface area contributed by atoms with Crippen molar-refractivity contribution in [1.82, 2.24) is 4.72 Å². The Bertz CT molecular complexity index is 670. The lowest BCUT2D eigenvalue weighted by Crippen LogP contribution is -2.45. The van der Waals surface area contributed by atoms with E-state index in [0.29, 0.717) is 24.4 Å². The Morgan fingerprint density at radius 2 is 2.14 bits per heavy atom. The third-order valence-electron chi connectivity index (χ3n) is 3.79. The van der Waals surface area contributed by atoms with E-state index in [4.69, 9.17) is 4.74 Å². The number of nitrogens with one attached hydrogen (secondary N) is 1. The summed E-state index contributed by atoms with van der Waals surface area (Å²) in [5, 5.41) is 0. The molecular weight excluding hydrogens is 304 g/mol. The van der Waals surface area contributed by atoms with Crippen LogP contribution in [0.5, 0.6) is 5.75 Å². The van der Waals surface area contributed by atoms with Gasteiger partial charge in [0, 0.05) is 6.42 Å². The Hall–Kier alpha value is -1.60. The quantitative estimate of drug-likeness (QED) is 0.915. The van der Waals surface area contributed by atoms with Crippen molar-refractivity contribution in [2.45, 2.75) is 38.2 Å². The molecule has 1 aliphatic heterocycles. The first-order valence-corrected chi connectivity index (χ1v) is 8.83. The first kappa shape index (κ1) is 16.8. The maximum absolute atomic E-state index is 12.2. The largest absolute Gasteiger partial charge is 0.486 e. The van der Waals surface area contributed by atoms with Crippen LogP contribution >= 0.6 is 0 Å². The van der Waals surface area contributed by atoms with Gasteiger partial charge in [-0.2, -0.15) is 0 Å². The molecule has 1 aromatic rings. The molecule has 1 unspecified atom stereocenters. The molecule has 1 amide bonds. The second-order valence-corrected chi connectivity index (χ2v) is 7.48. The molecule has 1 heterocycles. The molecule has 0 aromatic heterocycles. The molecule has 0 radical (unpaired) electrons. The number of hydrogen-bond donors (Lipinski definition) is 1. The van der Waals surface area contributed by atoms with E-state index in [2.05, 4.69) is 4.72 Å². The summed E-state index contributed by atoms with van der Waals surface area (Å²) < 4.78 is 32.1. The molecule has 7 heteroatoms. The lowest BCUT2D eigenvalue weighted by atomic mass is 10.0. The molecule has 1 aliphatic rings. The van der Waals surface area contributed by atoms with Gasteiger partial charge in [-0.3, -0.25) is 4.79 Å². The summed E-state index contributed by atoms with van der Waals surface area (Å²) in [6.07, 6.45) is 0.252. The Labute approximate surface area is 131 Å². The number of ether oxygens (including phenoxy) is 1. The number of anilines is 1. The van der Waals surface area contributed by atoms with E-state index in [-0.39, 0.29) is 22.8 Å². The molecule has 1 atom stereocenters. The third-order valence-corrected chi connectivity index (χ3v) is 5.20. The van der Waals surface area contributed by atoms with Crippen molar-refractivity contribution in [1.29, 1.82) is 0 Å². The van der Waals surface area contributed by atoms with Crippen molar-refractivity contribution in [3.8, 4) is 5.75 Å². The molecule has 0 saturated carbocycles. The average Bonchev–Trinajstić information content (AvgIpc) is 2.52. The predicted octanol–water partition coefficient (Wildman–Crippen LogP) is 1.75. The average molecular weight is 326 g/mol. The molecule has 0 aliphatic carbocycles. The number of nitrogens with zero attached hydrogens (tertiary/aromatic N) is 1. The number of benzene rings is 1. The van der Waals surface area contributed by atoms with Crippen LogP contribution in [0.1, 0.15) is 27.2 Å². The van der Waals surface area contributed by atoms with Crippen molar-refractivity contribution in [3.63, 3.8) is 0 Å². The van der Waals surface area contributed by atoms with Gasteiger partial charge in [0.05, 0.1) is 17.1 Å². The second kappa shape index (κ2) is 6.26. The highest BCUT2D eigenvalue weighted by atomic mass is 32.2. The molecule has 6 nitrogen and oxygen atoms in total. The van der Waals surface area contributed by atoms with Crippen molar-refractivity contribution in [2.24, 2.45) is 5.92 Å². The Morgan fingerprint density at radius 3 is 2.68 bits per heavy atom. The molecule has 0 fully saturated rings. The van der Waals surface area contributed by atoms with Crippen LogP contribution in [0, 0.1) is 5.92 Å². The number of amides is 1. The zero-order valence-corrected chi connectivity index (χ0v) is 14.1. The third kappa shape index (κ3) is 3.10. The fourth-order valence-corrected chi connectivity index (χ4v) is 3.10. The van der Waals surface area contributed by atoms with Crippen molar-refractivity contribution in [3.05, 3.63) is 18.2 Å². The summed E-state index contributed by atoms with van der Waals surface area (Å²) in [6.45, 7) is 6.28. The summed E-state index contributed by atoms with van der Waals surface area (Å²) in [4.78, 5) is 14.0. The minimum Gasteiger partial charge on any atom is -0.486 e. The lowest BCUT2D eigenvalue weighted by Gasteiger charge is -2.36. The molecule has 22 heavy (non-hydrogen) atoms. The summed E-state index contributed by atoms with van der Waals surface area (Å²) >= 11 is 0. The standard InChI is InChI=1S/C15H22N2O4S/c1-5-15(18)17-9-14(10(2)3)21-13-7-6-11(8-12(13)17)22(19,20)16-4/h6-8,10,14,16H,5,9H2,1-4H3. The van der Waals surface area contributed by atoms with Crippen molar-refractivity contribution >= 4 is 21.6 Å². The zero-order valence-electron chi connectivity index (χ0n) is 13.3. The van der Waals surface area contributed by atoms with Crippen LogP contribution in [-0.2, 0) is 14.8 Å². The zero-order chi connectivity index (χ0) is 16.5. The van der Waals surface area contributed by atoms with Crippen molar-refractivity contribution < 1.29 is 17.9 Å². The molecule has 2 rings (SSSR count). The topological polar surface area (TPSA) is 75.7 Å². The monoisotopic (exact) mass is 326 g/mol. The first-order chi connectivity index (χ1) is 10.3. The molecular formula is C15H22N2O4S. The van der Waals surface area contributed by atoms with Gasteiger partial charge in [0.15, 0.2) is 0 Å². The molecule has 122 valence electrons. The molecule has 0 bridgehead atoms. The Kier molecular flexibility index (Phi) is 4.77. The number of sulfonamides is 1. The minimum atomic E-state index is -3.56. The van der Waals surface area contributed by atoms with Gasteiger partial charge >= 0.3 is 0 Å². The van der Waals surface area contributed by atoms with E-state index in [1.807, 2.05) is 13.8 Å². The van der Waals surface area contributed by atoms with Crippen LogP contribution in [0.2, 0.25) is 0 Å². The van der Waals surface area contributed by atoms with Gasteiger partial charge in [0.25, 0.3) is 0 Å². The van der Waals surface area contributed by atoms with E-state index >= 15 is 0 Å². The van der Waals surface area contributed by atoms with E-state index in [9.17, 15) is 13.2 Å². The Balaban J connectivity index is 2.51. The number of carbonyl (C=O) groups is 1. The van der Waals surface area contributed by atoms with Gasteiger partial charge in [-0.05, 0) is 31.2 Å². The van der Waals surface area contributed by atoms with Crippen LogP contribution in [-0.4, -0.2) is 34.0 Å². The highest BCUT2D eigenvalue weighted by molar-refractivity contribution is 7.89. The molecule has 1 N–H and O–H groups in total. The van der Waals surface area contributed by atoms with Gasteiger partial charge in [-0.25, -0.2) is 13.1 Å². The van der Waals surface area contributed by atoms with Crippen LogP contribution in [0.3, 0.4) is 0 Å².